The zero-order valence-electron chi connectivity index (χ0n) is 21.1. The summed E-state index contributed by atoms with van der Waals surface area (Å²) in [6.07, 6.45) is 5.55. The normalized spacial score (nSPS) is 21.9. The molecule has 184 valence electrons. The van der Waals surface area contributed by atoms with E-state index in [0.29, 0.717) is 30.1 Å². The van der Waals surface area contributed by atoms with Crippen molar-refractivity contribution in [3.05, 3.63) is 71.3 Å². The molecule has 0 aliphatic carbocycles. The standard InChI is InChI=1S/C27H34N6O2/c1-18(2)19-6-8-21(9-7-19)27(35,26(3)16-31(4)17-26)22-11-23(13-28-12-22)33-15-20(10-25(33)34)24-14-29-32(5)30-24/h6-9,11-14,18,20,35H,10,15-17H2,1-5H3. The second kappa shape index (κ2) is 8.53. The van der Waals surface area contributed by atoms with E-state index < -0.39 is 11.0 Å². The van der Waals surface area contributed by atoms with Gasteiger partial charge >= 0.3 is 0 Å². The lowest BCUT2D eigenvalue weighted by Crippen LogP contribution is -2.63. The van der Waals surface area contributed by atoms with Crippen LogP contribution in [0.2, 0.25) is 0 Å². The number of nitrogens with zero attached hydrogens (tertiary/aromatic N) is 6. The first-order chi connectivity index (χ1) is 16.6. The minimum absolute atomic E-state index is 0.0138. The number of rotatable bonds is 6. The Hall–Kier alpha value is -3.10. The summed E-state index contributed by atoms with van der Waals surface area (Å²) in [5.74, 6) is 0.426. The van der Waals surface area contributed by atoms with Crippen LogP contribution in [0, 0.1) is 5.41 Å². The van der Waals surface area contributed by atoms with Crippen LogP contribution in [-0.4, -0.2) is 62.6 Å². The summed E-state index contributed by atoms with van der Waals surface area (Å²) >= 11 is 0. The zero-order chi connectivity index (χ0) is 25.0. The quantitative estimate of drug-likeness (QED) is 0.591. The number of hydrogen-bond acceptors (Lipinski definition) is 6. The maximum atomic E-state index is 13.0. The Balaban J connectivity index is 1.52. The number of amides is 1. The Bertz CT molecular complexity index is 1230. The molecule has 8 nitrogen and oxygen atoms in total. The molecule has 1 N–H and O–H groups in total. The first-order valence-corrected chi connectivity index (χ1v) is 12.2. The van der Waals surface area contributed by atoms with Gasteiger partial charge in [0, 0.05) is 56.2 Å². The van der Waals surface area contributed by atoms with E-state index in [1.165, 1.54) is 10.4 Å². The molecule has 0 bridgehead atoms. The largest absolute Gasteiger partial charge is 0.380 e. The smallest absolute Gasteiger partial charge is 0.227 e. The molecule has 2 fully saturated rings. The molecule has 2 aromatic heterocycles. The van der Waals surface area contributed by atoms with Crippen LogP contribution in [0.15, 0.2) is 48.9 Å². The summed E-state index contributed by atoms with van der Waals surface area (Å²) in [7, 11) is 3.84. The van der Waals surface area contributed by atoms with Gasteiger partial charge in [-0.3, -0.25) is 9.78 Å². The lowest BCUT2D eigenvalue weighted by Gasteiger charge is -2.56. The highest BCUT2D eigenvalue weighted by Gasteiger charge is 2.55. The van der Waals surface area contributed by atoms with Crippen LogP contribution < -0.4 is 4.90 Å². The monoisotopic (exact) mass is 474 g/mol. The number of carbonyl (C=O) groups is 1. The predicted molar refractivity (Wildman–Crippen MR) is 134 cm³/mol. The van der Waals surface area contributed by atoms with Crippen molar-refractivity contribution in [2.24, 2.45) is 12.5 Å². The molecule has 3 aromatic rings. The molecule has 35 heavy (non-hydrogen) atoms. The number of hydrogen-bond donors (Lipinski definition) is 1. The Morgan fingerprint density at radius 1 is 1.09 bits per heavy atom. The average Bonchev–Trinajstić information content (AvgIpc) is 3.43. The van der Waals surface area contributed by atoms with Gasteiger partial charge in [0.1, 0.15) is 5.60 Å². The van der Waals surface area contributed by atoms with Crippen molar-refractivity contribution in [2.45, 2.75) is 44.6 Å². The van der Waals surface area contributed by atoms with Gasteiger partial charge in [0.25, 0.3) is 0 Å². The van der Waals surface area contributed by atoms with E-state index in [2.05, 4.69) is 60.0 Å². The maximum absolute atomic E-state index is 13.0. The van der Waals surface area contributed by atoms with Crippen LogP contribution in [0.3, 0.4) is 0 Å². The number of likely N-dealkylation sites (tertiary alicyclic amines) is 1. The number of anilines is 1. The van der Waals surface area contributed by atoms with Crippen molar-refractivity contribution in [3.63, 3.8) is 0 Å². The topological polar surface area (TPSA) is 87.4 Å². The maximum Gasteiger partial charge on any atom is 0.227 e. The van der Waals surface area contributed by atoms with Crippen molar-refractivity contribution in [2.75, 3.05) is 31.6 Å². The summed E-state index contributed by atoms with van der Waals surface area (Å²) in [5.41, 5.74) is 2.67. The predicted octanol–water partition coefficient (Wildman–Crippen LogP) is 3.04. The van der Waals surface area contributed by atoms with E-state index in [1.807, 2.05) is 18.2 Å². The molecule has 4 heterocycles. The number of aryl methyl sites for hydroxylation is 1. The van der Waals surface area contributed by atoms with Crippen molar-refractivity contribution >= 4 is 11.6 Å². The molecule has 0 spiro atoms. The van der Waals surface area contributed by atoms with Gasteiger partial charge in [-0.15, -0.1) is 0 Å². The SMILES string of the molecule is CC(C)c1ccc(C(O)(c2cncc(N3CC(c4cnn(C)n4)CC3=O)c2)C2(C)CN(C)C2)cc1. The van der Waals surface area contributed by atoms with Gasteiger partial charge < -0.3 is 14.9 Å². The summed E-state index contributed by atoms with van der Waals surface area (Å²) in [4.78, 5) is 23.0. The number of aliphatic hydroxyl groups is 1. The molecular weight excluding hydrogens is 440 g/mol. The number of pyridine rings is 1. The molecule has 2 atom stereocenters. The third kappa shape index (κ3) is 3.94. The molecule has 1 aromatic carbocycles. The first kappa shape index (κ1) is 23.6. The molecule has 2 saturated heterocycles. The van der Waals surface area contributed by atoms with E-state index in [9.17, 15) is 9.90 Å². The number of benzene rings is 1. The van der Waals surface area contributed by atoms with Gasteiger partial charge in [-0.2, -0.15) is 15.0 Å². The number of carbonyl (C=O) groups excluding carboxylic acids is 1. The third-order valence-electron chi connectivity index (χ3n) is 7.72. The molecule has 1 amide bonds. The van der Waals surface area contributed by atoms with Gasteiger partial charge in [-0.05, 0) is 30.2 Å². The summed E-state index contributed by atoms with van der Waals surface area (Å²) in [6, 6.07) is 10.2. The van der Waals surface area contributed by atoms with Crippen molar-refractivity contribution in [1.29, 1.82) is 0 Å². The van der Waals surface area contributed by atoms with Crippen molar-refractivity contribution in [1.82, 2.24) is 24.9 Å². The fourth-order valence-corrected chi connectivity index (χ4v) is 5.82. The minimum atomic E-state index is -1.24. The molecule has 2 aliphatic heterocycles. The third-order valence-corrected chi connectivity index (χ3v) is 7.72. The highest BCUT2D eigenvalue weighted by atomic mass is 16.3. The van der Waals surface area contributed by atoms with E-state index in [1.54, 1.807) is 30.5 Å². The minimum Gasteiger partial charge on any atom is -0.380 e. The van der Waals surface area contributed by atoms with E-state index in [4.69, 9.17) is 0 Å². The van der Waals surface area contributed by atoms with Crippen LogP contribution in [0.5, 0.6) is 0 Å². The van der Waals surface area contributed by atoms with Crippen LogP contribution in [0.25, 0.3) is 0 Å². The van der Waals surface area contributed by atoms with Crippen LogP contribution in [0.4, 0.5) is 5.69 Å². The molecule has 0 saturated carbocycles. The average molecular weight is 475 g/mol. The van der Waals surface area contributed by atoms with Crippen LogP contribution >= 0.6 is 0 Å². The lowest BCUT2D eigenvalue weighted by molar-refractivity contribution is -0.127. The summed E-state index contributed by atoms with van der Waals surface area (Å²) < 4.78 is 0. The fraction of sp³-hybridized carbons (Fsp3) is 0.481. The zero-order valence-corrected chi connectivity index (χ0v) is 21.1. The molecule has 2 aliphatic rings. The molecular formula is C27H34N6O2. The Labute approximate surface area is 206 Å². The van der Waals surface area contributed by atoms with Crippen LogP contribution in [0.1, 0.15) is 61.4 Å². The van der Waals surface area contributed by atoms with E-state index in [-0.39, 0.29) is 11.8 Å². The lowest BCUT2D eigenvalue weighted by atomic mass is 9.62. The molecule has 8 heteroatoms. The molecule has 0 radical (unpaired) electrons. The van der Waals surface area contributed by atoms with E-state index >= 15 is 0 Å². The number of aromatic nitrogens is 4. The van der Waals surface area contributed by atoms with Gasteiger partial charge in [0.15, 0.2) is 0 Å². The summed E-state index contributed by atoms with van der Waals surface area (Å²) in [6.45, 7) is 8.50. The Kier molecular flexibility index (Phi) is 5.76. The van der Waals surface area contributed by atoms with Crippen LogP contribution in [-0.2, 0) is 17.4 Å². The highest BCUT2D eigenvalue weighted by molar-refractivity contribution is 5.96. The second-order valence-corrected chi connectivity index (χ2v) is 10.8. The second-order valence-electron chi connectivity index (χ2n) is 10.8. The Morgan fingerprint density at radius 3 is 2.40 bits per heavy atom. The van der Waals surface area contributed by atoms with Gasteiger partial charge in [0.05, 0.1) is 23.8 Å². The fourth-order valence-electron chi connectivity index (χ4n) is 5.82. The first-order valence-electron chi connectivity index (χ1n) is 12.2. The van der Waals surface area contributed by atoms with Gasteiger partial charge in [0.2, 0.25) is 5.91 Å². The van der Waals surface area contributed by atoms with Gasteiger partial charge in [-0.25, -0.2) is 0 Å². The van der Waals surface area contributed by atoms with Crippen molar-refractivity contribution in [3.8, 4) is 0 Å². The van der Waals surface area contributed by atoms with Crippen molar-refractivity contribution < 1.29 is 9.90 Å². The molecule has 2 unspecified atom stereocenters. The van der Waals surface area contributed by atoms with E-state index in [0.717, 1.165) is 24.3 Å². The van der Waals surface area contributed by atoms with Gasteiger partial charge in [-0.1, -0.05) is 45.0 Å². The highest BCUT2D eigenvalue weighted by Crippen LogP contribution is 2.50. The Morgan fingerprint density at radius 2 is 1.80 bits per heavy atom. The molecule has 5 rings (SSSR count). The summed E-state index contributed by atoms with van der Waals surface area (Å²) in [5, 5.41) is 21.0.